The monoisotopic (exact) mass is 157 g/mol. The van der Waals surface area contributed by atoms with Gasteiger partial charge in [-0.25, -0.2) is 13.6 Å². The van der Waals surface area contributed by atoms with E-state index in [9.17, 15) is 0 Å². The average Bonchev–Trinajstić information content (AvgIpc) is 2.40. The van der Waals surface area contributed by atoms with Gasteiger partial charge in [-0.15, -0.1) is 0 Å². The summed E-state index contributed by atoms with van der Waals surface area (Å²) in [4.78, 5) is 0. The second-order valence-corrected chi connectivity index (χ2v) is 2.44. The third kappa shape index (κ3) is 2.16. The Morgan fingerprint density at radius 1 is 1.20 bits per heavy atom. The molecule has 4 heteroatoms. The molecule has 0 bridgehead atoms. The molecule has 0 fully saturated rings. The van der Waals surface area contributed by atoms with Crippen LogP contribution in [0.3, 0.4) is 0 Å². The van der Waals surface area contributed by atoms with Crippen molar-refractivity contribution in [1.82, 2.24) is 0 Å². The van der Waals surface area contributed by atoms with Crippen molar-refractivity contribution >= 4 is 10.9 Å². The van der Waals surface area contributed by atoms with E-state index in [2.05, 4.69) is 29.4 Å². The zero-order chi connectivity index (χ0) is 7.56. The lowest BCUT2D eigenvalue weighted by molar-refractivity contribution is 0.616. The summed E-state index contributed by atoms with van der Waals surface area (Å²) in [6, 6.07) is 8.48. The molecule has 0 aromatic rings. The molecule has 0 aromatic heterocycles. The standard InChI is InChI=1S/C6H4.H3NO2S/c1-2-5-4-6(5)3-1;1-4(2)3/h1-4H;4H,(H2,1,2,3). The summed E-state index contributed by atoms with van der Waals surface area (Å²) in [5.41, 5.74) is 2.85. The summed E-state index contributed by atoms with van der Waals surface area (Å²) >= 11 is 0. The lowest BCUT2D eigenvalue weighted by Gasteiger charge is -1.48. The Morgan fingerprint density at radius 3 is 1.70 bits per heavy atom. The van der Waals surface area contributed by atoms with Gasteiger partial charge in [0.15, 0.2) is 10.9 Å². The van der Waals surface area contributed by atoms with Crippen molar-refractivity contribution in [2.24, 2.45) is 5.14 Å². The summed E-state index contributed by atoms with van der Waals surface area (Å²) in [5, 5.41) is 4.06. The third-order valence-electron chi connectivity index (χ3n) is 1.11. The van der Waals surface area contributed by atoms with Crippen molar-refractivity contribution < 1.29 is 8.42 Å². The van der Waals surface area contributed by atoms with Gasteiger partial charge in [-0.05, 0) is 17.2 Å². The number of fused-ring (bicyclic) bond motifs is 1. The van der Waals surface area contributed by atoms with Crippen molar-refractivity contribution in [3.8, 4) is 11.1 Å². The molecule has 0 amide bonds. The maximum atomic E-state index is 8.81. The van der Waals surface area contributed by atoms with E-state index in [0.29, 0.717) is 0 Å². The molecule has 2 N–H and O–H groups in total. The number of benzene rings is 1. The normalized spacial score (nSPS) is 10.2. The predicted octanol–water partition coefficient (Wildman–Crippen LogP) is 0.139. The van der Waals surface area contributed by atoms with Gasteiger partial charge in [-0.1, -0.05) is 18.2 Å². The van der Waals surface area contributed by atoms with Crippen LogP contribution in [0.25, 0.3) is 11.1 Å². The molecule has 0 atom stereocenters. The summed E-state index contributed by atoms with van der Waals surface area (Å²) in [6.07, 6.45) is 0. The Morgan fingerprint density at radius 2 is 1.60 bits per heavy atom. The van der Waals surface area contributed by atoms with Gasteiger partial charge in [0, 0.05) is 0 Å². The SMILES string of the molecule is N[SH](=O)=O.c1cc2cc-2c1. The van der Waals surface area contributed by atoms with Gasteiger partial charge in [0.25, 0.3) is 0 Å². The van der Waals surface area contributed by atoms with Crippen LogP contribution in [0.1, 0.15) is 0 Å². The minimum absolute atomic E-state index is 1.43. The molecule has 0 unspecified atom stereocenters. The van der Waals surface area contributed by atoms with E-state index in [1.54, 1.807) is 0 Å². The quantitative estimate of drug-likeness (QED) is 0.534. The number of rotatable bonds is 0. The van der Waals surface area contributed by atoms with Crippen LogP contribution in [0.15, 0.2) is 24.3 Å². The Balaban J connectivity index is 0.000000112. The van der Waals surface area contributed by atoms with E-state index in [1.807, 2.05) is 0 Å². The highest BCUT2D eigenvalue weighted by molar-refractivity contribution is 7.69. The van der Waals surface area contributed by atoms with Gasteiger partial charge < -0.3 is 0 Å². The first-order valence-corrected chi connectivity index (χ1v) is 3.94. The molecule has 2 rings (SSSR count). The van der Waals surface area contributed by atoms with Gasteiger partial charge in [0.05, 0.1) is 0 Å². The van der Waals surface area contributed by atoms with E-state index < -0.39 is 10.9 Å². The Hall–Kier alpha value is -0.870. The Bertz CT molecular complexity index is 281. The second-order valence-electron chi connectivity index (χ2n) is 1.87. The minimum Gasteiger partial charge on any atom is -0.231 e. The van der Waals surface area contributed by atoms with Crippen LogP contribution in [0, 0.1) is 0 Å². The van der Waals surface area contributed by atoms with Crippen LogP contribution in [-0.4, -0.2) is 8.42 Å². The van der Waals surface area contributed by atoms with Crippen molar-refractivity contribution in [1.29, 1.82) is 0 Å². The van der Waals surface area contributed by atoms with Crippen molar-refractivity contribution in [2.75, 3.05) is 0 Å². The highest BCUT2D eigenvalue weighted by Crippen LogP contribution is 2.32. The summed E-state index contributed by atoms with van der Waals surface area (Å²) in [6.45, 7) is 0. The fourth-order valence-corrected chi connectivity index (χ4v) is 0.676. The molecule has 2 aliphatic carbocycles. The molecule has 0 radical (unpaired) electrons. The third-order valence-corrected chi connectivity index (χ3v) is 1.11. The molecule has 0 heterocycles. The van der Waals surface area contributed by atoms with Gasteiger partial charge >= 0.3 is 0 Å². The highest BCUT2D eigenvalue weighted by Gasteiger charge is 2.06. The molecule has 0 saturated heterocycles. The highest BCUT2D eigenvalue weighted by atomic mass is 32.2. The molecule has 54 valence electrons. The molecular weight excluding hydrogens is 150 g/mol. The van der Waals surface area contributed by atoms with E-state index in [-0.39, 0.29) is 0 Å². The lowest BCUT2D eigenvalue weighted by Crippen LogP contribution is -1.85. The van der Waals surface area contributed by atoms with Crippen molar-refractivity contribution in [3.63, 3.8) is 0 Å². The molecule has 3 nitrogen and oxygen atoms in total. The Kier molecular flexibility index (Phi) is 2.03. The van der Waals surface area contributed by atoms with E-state index >= 15 is 0 Å². The first kappa shape index (κ1) is 7.24. The zero-order valence-electron chi connectivity index (χ0n) is 5.15. The number of hydrogen-bond acceptors (Lipinski definition) is 2. The minimum atomic E-state index is -2.62. The van der Waals surface area contributed by atoms with Crippen molar-refractivity contribution in [2.45, 2.75) is 0 Å². The van der Waals surface area contributed by atoms with E-state index in [4.69, 9.17) is 8.42 Å². The van der Waals surface area contributed by atoms with Crippen LogP contribution in [0.2, 0.25) is 0 Å². The molecule has 0 aliphatic heterocycles. The summed E-state index contributed by atoms with van der Waals surface area (Å²) in [7, 11) is -2.62. The smallest absolute Gasteiger partial charge is 0.198 e. The lowest BCUT2D eigenvalue weighted by atomic mass is 10.6. The van der Waals surface area contributed by atoms with Crippen LogP contribution in [0.5, 0.6) is 0 Å². The predicted molar refractivity (Wildman–Crippen MR) is 39.9 cm³/mol. The maximum Gasteiger partial charge on any atom is 0.198 e. The molecular formula is C6H7NO2S. The van der Waals surface area contributed by atoms with Crippen LogP contribution < -0.4 is 5.14 Å². The number of thiol groups is 1. The first-order chi connectivity index (χ1) is 4.70. The van der Waals surface area contributed by atoms with E-state index in [0.717, 1.165) is 0 Å². The molecule has 0 aromatic carbocycles. The van der Waals surface area contributed by atoms with Crippen molar-refractivity contribution in [3.05, 3.63) is 24.3 Å². The molecule has 0 saturated carbocycles. The van der Waals surface area contributed by atoms with Gasteiger partial charge in [-0.2, -0.15) is 0 Å². The fourth-order valence-electron chi connectivity index (χ4n) is 0.676. The molecule has 0 spiro atoms. The summed E-state index contributed by atoms with van der Waals surface area (Å²) in [5.74, 6) is 0. The Labute approximate surface area is 60.6 Å². The number of nitrogens with two attached hydrogens (primary N) is 1. The fraction of sp³-hybridized carbons (Fsp3) is 0. The number of hydrogen-bond donors (Lipinski definition) is 2. The second kappa shape index (κ2) is 2.81. The van der Waals surface area contributed by atoms with E-state index in [1.165, 1.54) is 11.1 Å². The maximum absolute atomic E-state index is 8.81. The molecule has 10 heavy (non-hydrogen) atoms. The van der Waals surface area contributed by atoms with Gasteiger partial charge in [0.1, 0.15) is 0 Å². The van der Waals surface area contributed by atoms with Gasteiger partial charge in [0.2, 0.25) is 0 Å². The van der Waals surface area contributed by atoms with Crippen LogP contribution in [-0.2, 0) is 10.9 Å². The zero-order valence-corrected chi connectivity index (χ0v) is 6.04. The van der Waals surface area contributed by atoms with Crippen LogP contribution >= 0.6 is 0 Å². The van der Waals surface area contributed by atoms with Gasteiger partial charge in [-0.3, -0.25) is 0 Å². The molecule has 2 aliphatic rings. The topological polar surface area (TPSA) is 60.2 Å². The van der Waals surface area contributed by atoms with Crippen LogP contribution in [0.4, 0.5) is 0 Å². The summed E-state index contributed by atoms with van der Waals surface area (Å²) < 4.78 is 17.6. The average molecular weight is 157 g/mol. The first-order valence-electron chi connectivity index (χ1n) is 2.69. The largest absolute Gasteiger partial charge is 0.231 e.